The molecular weight excluding hydrogens is 217 g/mol. The summed E-state index contributed by atoms with van der Waals surface area (Å²) in [7, 11) is 0. The van der Waals surface area contributed by atoms with E-state index < -0.39 is 0 Å². The number of ether oxygens (including phenoxy) is 1. The quantitative estimate of drug-likeness (QED) is 0.850. The van der Waals surface area contributed by atoms with Crippen molar-refractivity contribution < 1.29 is 9.13 Å². The zero-order valence-corrected chi connectivity index (χ0v) is 10.1. The van der Waals surface area contributed by atoms with Crippen LogP contribution in [0.5, 0.6) is 5.75 Å². The van der Waals surface area contributed by atoms with Crippen molar-refractivity contribution in [1.29, 1.82) is 0 Å². The van der Waals surface area contributed by atoms with E-state index in [9.17, 15) is 4.39 Å². The summed E-state index contributed by atoms with van der Waals surface area (Å²) in [5.74, 6) is 0.555. The lowest BCUT2D eigenvalue weighted by molar-refractivity contribution is 0.313. The molecule has 1 unspecified atom stereocenters. The van der Waals surface area contributed by atoms with E-state index >= 15 is 0 Å². The van der Waals surface area contributed by atoms with Crippen molar-refractivity contribution in [3.63, 3.8) is 0 Å². The van der Waals surface area contributed by atoms with E-state index in [1.807, 2.05) is 13.0 Å². The highest BCUT2D eigenvalue weighted by molar-refractivity contribution is 5.40. The smallest absolute Gasteiger partial charge is 0.129 e. The molecule has 1 aromatic carbocycles. The Labute approximate surface area is 101 Å². The molecule has 3 heteroatoms. The Morgan fingerprint density at radius 2 is 2.12 bits per heavy atom. The summed E-state index contributed by atoms with van der Waals surface area (Å²) in [6.45, 7) is 2.51. The van der Waals surface area contributed by atoms with Crippen LogP contribution in [0.15, 0.2) is 12.1 Å². The van der Waals surface area contributed by atoms with Gasteiger partial charge >= 0.3 is 0 Å². The highest BCUT2D eigenvalue weighted by Gasteiger charge is 2.28. The van der Waals surface area contributed by atoms with Gasteiger partial charge < -0.3 is 10.1 Å². The van der Waals surface area contributed by atoms with Gasteiger partial charge in [0.25, 0.3) is 0 Å². The molecule has 1 heterocycles. The molecule has 3 rings (SSSR count). The molecule has 1 atom stereocenters. The van der Waals surface area contributed by atoms with Crippen molar-refractivity contribution in [2.24, 2.45) is 0 Å². The normalized spacial score (nSPS) is 23.8. The Bertz CT molecular complexity index is 428. The van der Waals surface area contributed by atoms with E-state index in [0.29, 0.717) is 24.3 Å². The third-order valence-corrected chi connectivity index (χ3v) is 3.58. The minimum absolute atomic E-state index is 0.171. The molecule has 2 nitrogen and oxygen atoms in total. The van der Waals surface area contributed by atoms with Crippen LogP contribution in [0, 0.1) is 12.7 Å². The first-order valence-corrected chi connectivity index (χ1v) is 6.43. The molecule has 1 fully saturated rings. The summed E-state index contributed by atoms with van der Waals surface area (Å²) < 4.78 is 19.2. The van der Waals surface area contributed by atoms with Crippen molar-refractivity contribution in [3.8, 4) is 5.75 Å². The van der Waals surface area contributed by atoms with Crippen molar-refractivity contribution in [2.45, 2.75) is 44.7 Å². The third kappa shape index (κ3) is 2.29. The highest BCUT2D eigenvalue weighted by Crippen LogP contribution is 2.35. The Morgan fingerprint density at radius 3 is 2.88 bits per heavy atom. The Hall–Kier alpha value is -1.09. The molecule has 0 saturated heterocycles. The zero-order valence-electron chi connectivity index (χ0n) is 10.1. The van der Waals surface area contributed by atoms with Crippen LogP contribution < -0.4 is 10.1 Å². The highest BCUT2D eigenvalue weighted by atomic mass is 19.1. The van der Waals surface area contributed by atoms with Crippen LogP contribution in [0.25, 0.3) is 0 Å². The molecule has 0 radical (unpaired) electrons. The third-order valence-electron chi connectivity index (χ3n) is 3.58. The van der Waals surface area contributed by atoms with E-state index in [2.05, 4.69) is 5.32 Å². The van der Waals surface area contributed by atoms with Crippen molar-refractivity contribution in [2.75, 3.05) is 6.61 Å². The molecule has 0 aromatic heterocycles. The molecule has 0 spiro atoms. The number of hydrogen-bond donors (Lipinski definition) is 1. The standard InChI is InChI=1S/C14H18FNO/c1-9-7-11-13(16-10-4-5-10)3-2-6-17-14(11)8-12(9)15/h7-8,10,13,16H,2-6H2,1H3. The van der Waals surface area contributed by atoms with Gasteiger partial charge in [-0.05, 0) is 44.2 Å². The van der Waals surface area contributed by atoms with Gasteiger partial charge in [-0.1, -0.05) is 0 Å². The molecule has 0 bridgehead atoms. The van der Waals surface area contributed by atoms with Crippen molar-refractivity contribution >= 4 is 0 Å². The second-order valence-electron chi connectivity index (χ2n) is 5.12. The summed E-state index contributed by atoms with van der Waals surface area (Å²) in [5, 5.41) is 3.63. The Kier molecular flexibility index (Phi) is 2.79. The van der Waals surface area contributed by atoms with E-state index in [4.69, 9.17) is 4.74 Å². The predicted octanol–water partition coefficient (Wildman–Crippen LogP) is 3.10. The Balaban J connectivity index is 1.94. The average Bonchev–Trinajstić information content (AvgIpc) is 3.11. The number of fused-ring (bicyclic) bond motifs is 1. The van der Waals surface area contributed by atoms with Crippen molar-refractivity contribution in [1.82, 2.24) is 5.32 Å². The lowest BCUT2D eigenvalue weighted by Gasteiger charge is -2.19. The summed E-state index contributed by atoms with van der Waals surface area (Å²) in [4.78, 5) is 0. The van der Waals surface area contributed by atoms with Crippen molar-refractivity contribution in [3.05, 3.63) is 29.1 Å². The van der Waals surface area contributed by atoms with Crippen LogP contribution in [0.3, 0.4) is 0 Å². The first-order valence-electron chi connectivity index (χ1n) is 6.43. The number of nitrogens with one attached hydrogen (secondary N) is 1. The Morgan fingerprint density at radius 1 is 1.29 bits per heavy atom. The van der Waals surface area contributed by atoms with E-state index in [0.717, 1.165) is 24.2 Å². The van der Waals surface area contributed by atoms with Crippen LogP contribution in [0.1, 0.15) is 42.9 Å². The zero-order chi connectivity index (χ0) is 11.8. The van der Waals surface area contributed by atoms with Gasteiger partial charge in [0, 0.05) is 23.7 Å². The van der Waals surface area contributed by atoms with Gasteiger partial charge in [0.2, 0.25) is 0 Å². The van der Waals surface area contributed by atoms with Crippen LogP contribution in [0.2, 0.25) is 0 Å². The monoisotopic (exact) mass is 235 g/mol. The molecule has 1 aliphatic heterocycles. The minimum Gasteiger partial charge on any atom is -0.493 e. The number of rotatable bonds is 2. The summed E-state index contributed by atoms with van der Waals surface area (Å²) in [6, 6.07) is 4.48. The minimum atomic E-state index is -0.171. The van der Waals surface area contributed by atoms with E-state index in [-0.39, 0.29) is 5.82 Å². The summed E-state index contributed by atoms with van der Waals surface area (Å²) >= 11 is 0. The average molecular weight is 235 g/mol. The maximum absolute atomic E-state index is 13.5. The van der Waals surface area contributed by atoms with E-state index in [1.54, 1.807) is 0 Å². The molecule has 1 aliphatic carbocycles. The van der Waals surface area contributed by atoms with E-state index in [1.165, 1.54) is 18.9 Å². The SMILES string of the molecule is Cc1cc2c(cc1F)OCCCC2NC1CC1. The molecule has 1 N–H and O–H groups in total. The summed E-state index contributed by atoms with van der Waals surface area (Å²) in [6.07, 6.45) is 4.65. The second kappa shape index (κ2) is 4.30. The fourth-order valence-electron chi connectivity index (χ4n) is 2.42. The lowest BCUT2D eigenvalue weighted by Crippen LogP contribution is -2.23. The van der Waals surface area contributed by atoms with Crippen LogP contribution in [0.4, 0.5) is 4.39 Å². The number of hydrogen-bond acceptors (Lipinski definition) is 2. The second-order valence-corrected chi connectivity index (χ2v) is 5.12. The maximum atomic E-state index is 13.5. The molecule has 0 amide bonds. The molecular formula is C14H18FNO. The number of benzene rings is 1. The largest absolute Gasteiger partial charge is 0.493 e. The van der Waals surface area contributed by atoms with Gasteiger partial charge in [-0.3, -0.25) is 0 Å². The predicted molar refractivity (Wildman–Crippen MR) is 64.8 cm³/mol. The molecule has 2 aliphatic rings. The van der Waals surface area contributed by atoms with Gasteiger partial charge in [0.15, 0.2) is 0 Å². The maximum Gasteiger partial charge on any atom is 0.129 e. The number of aryl methyl sites for hydroxylation is 1. The fourth-order valence-corrected chi connectivity index (χ4v) is 2.42. The molecule has 1 saturated carbocycles. The lowest BCUT2D eigenvalue weighted by atomic mass is 9.99. The fraction of sp³-hybridized carbons (Fsp3) is 0.571. The first-order chi connectivity index (χ1) is 8.24. The van der Waals surface area contributed by atoms with Crippen LogP contribution in [-0.2, 0) is 0 Å². The number of halogens is 1. The topological polar surface area (TPSA) is 21.3 Å². The van der Waals surface area contributed by atoms with Gasteiger partial charge in [0.1, 0.15) is 11.6 Å². The molecule has 17 heavy (non-hydrogen) atoms. The van der Waals surface area contributed by atoms with Crippen LogP contribution >= 0.6 is 0 Å². The first kappa shape index (κ1) is 11.0. The molecule has 92 valence electrons. The van der Waals surface area contributed by atoms with Gasteiger partial charge in [0.05, 0.1) is 6.61 Å². The van der Waals surface area contributed by atoms with Gasteiger partial charge in [-0.15, -0.1) is 0 Å². The summed E-state index contributed by atoms with van der Waals surface area (Å²) in [5.41, 5.74) is 1.84. The van der Waals surface area contributed by atoms with Gasteiger partial charge in [-0.2, -0.15) is 0 Å². The van der Waals surface area contributed by atoms with Crippen LogP contribution in [-0.4, -0.2) is 12.6 Å². The van der Waals surface area contributed by atoms with Gasteiger partial charge in [-0.25, -0.2) is 4.39 Å². The molecule has 1 aromatic rings.